The second-order valence-corrected chi connectivity index (χ2v) is 6.44. The molecule has 6 heteroatoms. The molecule has 24 heavy (non-hydrogen) atoms. The molecule has 1 unspecified atom stereocenters. The highest BCUT2D eigenvalue weighted by molar-refractivity contribution is 6.09. The van der Waals surface area contributed by atoms with Gasteiger partial charge in [-0.05, 0) is 30.8 Å². The van der Waals surface area contributed by atoms with Crippen molar-refractivity contribution in [2.24, 2.45) is 22.6 Å². The molecular weight excluding hydrogens is 300 g/mol. The van der Waals surface area contributed by atoms with Crippen LogP contribution in [-0.4, -0.2) is 15.6 Å². The van der Waals surface area contributed by atoms with E-state index in [9.17, 15) is 0 Å². The fraction of sp³-hybridized carbons (Fsp3) is 0.389. The maximum atomic E-state index is 9.15. The fourth-order valence-corrected chi connectivity index (χ4v) is 3.44. The summed E-state index contributed by atoms with van der Waals surface area (Å²) < 4.78 is 1.90. The van der Waals surface area contributed by atoms with Crippen LogP contribution in [0.4, 0.5) is 0 Å². The van der Waals surface area contributed by atoms with Gasteiger partial charge in [0.15, 0.2) is 0 Å². The Kier molecular flexibility index (Phi) is 4.52. The maximum Gasteiger partial charge on any atom is 0.139 e. The van der Waals surface area contributed by atoms with Crippen molar-refractivity contribution in [2.45, 2.75) is 32.2 Å². The van der Waals surface area contributed by atoms with E-state index in [1.165, 1.54) is 6.20 Å². The molecule has 0 aromatic carbocycles. The number of nitrogens with zero attached hydrogens (tertiary/aromatic N) is 4. The minimum absolute atomic E-state index is 0.122. The first-order chi connectivity index (χ1) is 11.6. The monoisotopic (exact) mass is 322 g/mol. The smallest absolute Gasteiger partial charge is 0.139 e. The summed E-state index contributed by atoms with van der Waals surface area (Å²) >= 11 is 0. The highest BCUT2D eigenvalue weighted by Gasteiger charge is 2.34. The largest absolute Gasteiger partial charge is 0.398 e. The van der Waals surface area contributed by atoms with E-state index >= 15 is 0 Å². The van der Waals surface area contributed by atoms with Crippen LogP contribution in [0.3, 0.4) is 0 Å². The zero-order valence-corrected chi connectivity index (χ0v) is 13.8. The predicted molar refractivity (Wildman–Crippen MR) is 94.4 cm³/mol. The molecule has 1 aromatic heterocycles. The molecule has 124 valence electrons. The predicted octanol–water partition coefficient (Wildman–Crippen LogP) is 2.71. The van der Waals surface area contributed by atoms with Gasteiger partial charge in [0.2, 0.25) is 0 Å². The van der Waals surface area contributed by atoms with Gasteiger partial charge in [0.05, 0.1) is 30.4 Å². The molecule has 1 atom stereocenters. The van der Waals surface area contributed by atoms with Gasteiger partial charge in [-0.15, -0.1) is 0 Å². The molecule has 0 saturated heterocycles. The summed E-state index contributed by atoms with van der Waals surface area (Å²) in [5.41, 5.74) is 8.58. The number of nitrogens with one attached hydrogen (secondary N) is 1. The van der Waals surface area contributed by atoms with Crippen molar-refractivity contribution in [1.29, 1.82) is 5.26 Å². The molecule has 1 saturated carbocycles. The number of hydrogen-bond donors (Lipinski definition) is 2. The van der Waals surface area contributed by atoms with Crippen LogP contribution in [-0.2, 0) is 0 Å². The molecule has 3 N–H and O–H groups in total. The molecule has 1 fully saturated rings. The van der Waals surface area contributed by atoms with Crippen LogP contribution < -0.4 is 11.1 Å². The highest BCUT2D eigenvalue weighted by Crippen LogP contribution is 2.42. The van der Waals surface area contributed by atoms with Gasteiger partial charge in [-0.25, -0.2) is 4.99 Å². The van der Waals surface area contributed by atoms with Crippen molar-refractivity contribution in [3.8, 4) is 6.07 Å². The minimum atomic E-state index is 0.122. The van der Waals surface area contributed by atoms with Gasteiger partial charge in [-0.2, -0.15) is 10.4 Å². The summed E-state index contributed by atoms with van der Waals surface area (Å²) in [5, 5.41) is 16.7. The lowest BCUT2D eigenvalue weighted by Crippen LogP contribution is -2.30. The lowest BCUT2D eigenvalue weighted by atomic mass is 9.71. The summed E-state index contributed by atoms with van der Waals surface area (Å²) in [6.45, 7) is 5.86. The van der Waals surface area contributed by atoms with Crippen molar-refractivity contribution in [3.63, 3.8) is 0 Å². The Balaban J connectivity index is 1.87. The first-order valence-corrected chi connectivity index (χ1v) is 8.17. The summed E-state index contributed by atoms with van der Waals surface area (Å²) in [4.78, 5) is 4.18. The van der Waals surface area contributed by atoms with Crippen LogP contribution in [0.1, 0.15) is 37.8 Å². The zero-order valence-electron chi connectivity index (χ0n) is 13.8. The number of rotatable bonds is 5. The third kappa shape index (κ3) is 2.98. The molecule has 1 aliphatic heterocycles. The second kappa shape index (κ2) is 6.75. The van der Waals surface area contributed by atoms with E-state index in [4.69, 9.17) is 11.0 Å². The molecule has 2 heterocycles. The summed E-state index contributed by atoms with van der Waals surface area (Å²) in [5.74, 6) is 1.94. The van der Waals surface area contributed by atoms with E-state index in [0.717, 1.165) is 29.9 Å². The van der Waals surface area contributed by atoms with E-state index in [0.29, 0.717) is 23.9 Å². The first kappa shape index (κ1) is 16.1. The molecule has 0 bridgehead atoms. The van der Waals surface area contributed by atoms with Gasteiger partial charge in [0, 0.05) is 29.7 Å². The third-order valence-corrected chi connectivity index (χ3v) is 4.74. The van der Waals surface area contributed by atoms with Crippen LogP contribution >= 0.6 is 0 Å². The summed E-state index contributed by atoms with van der Waals surface area (Å²) in [7, 11) is 0. The van der Waals surface area contributed by atoms with Gasteiger partial charge in [-0.3, -0.25) is 4.68 Å². The minimum Gasteiger partial charge on any atom is -0.398 e. The van der Waals surface area contributed by atoms with Crippen molar-refractivity contribution in [3.05, 3.63) is 48.6 Å². The van der Waals surface area contributed by atoms with Gasteiger partial charge in [-0.1, -0.05) is 13.5 Å². The average molecular weight is 322 g/mol. The number of hydrogen-bond acceptors (Lipinski definition) is 4. The highest BCUT2D eigenvalue weighted by atomic mass is 15.3. The molecule has 0 radical (unpaired) electrons. The molecule has 1 aromatic rings. The van der Waals surface area contributed by atoms with Crippen LogP contribution in [0.15, 0.2) is 48.0 Å². The number of aromatic nitrogens is 2. The van der Waals surface area contributed by atoms with E-state index < -0.39 is 0 Å². The Hall–Kier alpha value is -2.81. The van der Waals surface area contributed by atoms with E-state index in [1.807, 2.05) is 17.0 Å². The first-order valence-electron chi connectivity index (χ1n) is 8.17. The van der Waals surface area contributed by atoms with Crippen LogP contribution in [0.5, 0.6) is 0 Å². The Morgan fingerprint density at radius 1 is 1.67 bits per heavy atom. The van der Waals surface area contributed by atoms with Crippen molar-refractivity contribution >= 4 is 11.5 Å². The standard InChI is InChI=1S/C18H22N6/c1-3-21-18-15(5-7-22-18)17(20)14-10-23-24(11-14)16(4-6-19)13-8-12(2)9-13/h3,5,7,10-13,16H,1,4,8-9,20H2,2H3,(H,21,22)/b17-15-/t12-,13+,16?. The van der Waals surface area contributed by atoms with Crippen molar-refractivity contribution in [1.82, 2.24) is 15.1 Å². The topological polar surface area (TPSA) is 92.0 Å². The molecule has 1 aliphatic carbocycles. The van der Waals surface area contributed by atoms with Crippen LogP contribution in [0.2, 0.25) is 0 Å². The zero-order chi connectivity index (χ0) is 17.1. The fourth-order valence-electron chi connectivity index (χ4n) is 3.44. The molecule has 2 aliphatic rings. The molecule has 3 rings (SSSR count). The Morgan fingerprint density at radius 3 is 3.12 bits per heavy atom. The number of aliphatic imine (C=N–C) groups is 1. The third-order valence-electron chi connectivity index (χ3n) is 4.74. The number of nitrogens with two attached hydrogens (primary N) is 1. The quantitative estimate of drug-likeness (QED) is 0.872. The van der Waals surface area contributed by atoms with E-state index in [-0.39, 0.29) is 6.04 Å². The normalized spacial score (nSPS) is 27.2. The maximum absolute atomic E-state index is 9.15. The number of nitriles is 1. The molecule has 0 spiro atoms. The molecular formula is C18H22N6. The Bertz CT molecular complexity index is 755. The Morgan fingerprint density at radius 2 is 2.46 bits per heavy atom. The van der Waals surface area contributed by atoms with E-state index in [1.54, 1.807) is 12.4 Å². The SMILES string of the molecule is C=C/N=C1/NC=C/C1=C(/N)c1cnn(C(CC#N)[C@H]2C[C@@H](C)C2)c1. The lowest BCUT2D eigenvalue weighted by Gasteiger charge is -2.37. The average Bonchev–Trinajstić information content (AvgIpc) is 3.19. The van der Waals surface area contributed by atoms with Gasteiger partial charge in [0.1, 0.15) is 5.84 Å². The van der Waals surface area contributed by atoms with Gasteiger partial charge >= 0.3 is 0 Å². The number of amidine groups is 1. The van der Waals surface area contributed by atoms with Crippen molar-refractivity contribution < 1.29 is 0 Å². The van der Waals surface area contributed by atoms with Crippen molar-refractivity contribution in [2.75, 3.05) is 0 Å². The lowest BCUT2D eigenvalue weighted by molar-refractivity contribution is 0.134. The summed E-state index contributed by atoms with van der Waals surface area (Å²) in [6, 6.07) is 2.41. The Labute approximate surface area is 142 Å². The van der Waals surface area contributed by atoms with Crippen LogP contribution in [0.25, 0.3) is 5.70 Å². The summed E-state index contributed by atoms with van der Waals surface area (Å²) in [6.07, 6.45) is 11.6. The van der Waals surface area contributed by atoms with E-state index in [2.05, 4.69) is 35.0 Å². The van der Waals surface area contributed by atoms with Crippen LogP contribution in [0, 0.1) is 23.2 Å². The molecule has 0 amide bonds. The van der Waals surface area contributed by atoms with Gasteiger partial charge < -0.3 is 11.1 Å². The van der Waals surface area contributed by atoms with Gasteiger partial charge in [0.25, 0.3) is 0 Å². The second-order valence-electron chi connectivity index (χ2n) is 6.44. The molecule has 6 nitrogen and oxygen atoms in total.